The van der Waals surface area contributed by atoms with Gasteiger partial charge in [0.15, 0.2) is 5.82 Å². The van der Waals surface area contributed by atoms with Crippen molar-refractivity contribution in [2.24, 2.45) is 11.7 Å². The first-order chi connectivity index (χ1) is 14.0. The van der Waals surface area contributed by atoms with Gasteiger partial charge >= 0.3 is 6.03 Å². The molecule has 0 aliphatic heterocycles. The maximum atomic E-state index is 14.6. The number of hydrogen-bond donors (Lipinski definition) is 2. The van der Waals surface area contributed by atoms with Crippen LogP contribution in [0.5, 0.6) is 11.5 Å². The van der Waals surface area contributed by atoms with E-state index in [0.717, 1.165) is 23.3 Å². The van der Waals surface area contributed by atoms with Crippen molar-refractivity contribution in [3.63, 3.8) is 0 Å². The Kier molecular flexibility index (Phi) is 5.24. The van der Waals surface area contributed by atoms with Crippen molar-refractivity contribution >= 4 is 16.9 Å². The first-order valence-electron chi connectivity index (χ1n) is 9.59. The van der Waals surface area contributed by atoms with E-state index in [2.05, 4.69) is 10.4 Å². The number of amides is 2. The lowest BCUT2D eigenvalue weighted by molar-refractivity contribution is 0.233. The molecule has 1 fully saturated rings. The lowest BCUT2D eigenvalue weighted by Gasteiger charge is -2.14. The Morgan fingerprint density at radius 1 is 1.28 bits per heavy atom. The molecule has 2 amide bonds. The van der Waals surface area contributed by atoms with Crippen LogP contribution in [0.15, 0.2) is 42.6 Å². The van der Waals surface area contributed by atoms with Crippen LogP contribution in [0.2, 0.25) is 0 Å². The van der Waals surface area contributed by atoms with Gasteiger partial charge in [-0.3, -0.25) is 0 Å². The normalized spacial score (nSPS) is 14.6. The second kappa shape index (κ2) is 7.98. The average Bonchev–Trinajstić information content (AvgIpc) is 3.41. The Morgan fingerprint density at radius 2 is 2.03 bits per heavy atom. The van der Waals surface area contributed by atoms with Crippen LogP contribution in [0.4, 0.5) is 9.18 Å². The highest BCUT2D eigenvalue weighted by atomic mass is 19.1. The molecule has 0 radical (unpaired) electrons. The van der Waals surface area contributed by atoms with Gasteiger partial charge in [-0.2, -0.15) is 5.10 Å². The van der Waals surface area contributed by atoms with Crippen LogP contribution in [-0.4, -0.2) is 35.1 Å². The van der Waals surface area contributed by atoms with E-state index in [1.165, 1.54) is 23.6 Å². The lowest BCUT2D eigenvalue weighted by Crippen LogP contribution is -2.40. The number of carbonyl (C=O) groups is 1. The number of rotatable bonds is 8. The molecule has 1 aliphatic rings. The number of nitrogens with one attached hydrogen (secondary N) is 1. The van der Waals surface area contributed by atoms with E-state index in [1.54, 1.807) is 25.3 Å². The van der Waals surface area contributed by atoms with Gasteiger partial charge in [0.25, 0.3) is 0 Å². The number of ether oxygens (including phenoxy) is 2. The SMILES string of the molecule is CC(COc1ccc(-n2cc3ccc(OCC4CC4)cc3n2)c(F)c1)NC(N)=O. The monoisotopic (exact) mass is 398 g/mol. The fraction of sp³-hybridized carbons (Fsp3) is 0.333. The van der Waals surface area contributed by atoms with Gasteiger partial charge in [0, 0.05) is 23.7 Å². The quantitative estimate of drug-likeness (QED) is 0.608. The number of primary amides is 1. The van der Waals surface area contributed by atoms with Gasteiger partial charge in [-0.1, -0.05) is 0 Å². The molecule has 8 heteroatoms. The number of hydrogen-bond acceptors (Lipinski definition) is 4. The Bertz CT molecular complexity index is 1030. The summed E-state index contributed by atoms with van der Waals surface area (Å²) in [6, 6.07) is 9.34. The van der Waals surface area contributed by atoms with Gasteiger partial charge in [-0.05, 0) is 49.9 Å². The molecule has 3 N–H and O–H groups in total. The maximum absolute atomic E-state index is 14.6. The zero-order chi connectivity index (χ0) is 20.4. The maximum Gasteiger partial charge on any atom is 0.312 e. The molecule has 1 heterocycles. The first-order valence-corrected chi connectivity index (χ1v) is 9.59. The number of benzene rings is 2. The third-order valence-electron chi connectivity index (χ3n) is 4.72. The van der Waals surface area contributed by atoms with E-state index in [0.29, 0.717) is 17.4 Å². The van der Waals surface area contributed by atoms with Crippen LogP contribution < -0.4 is 20.5 Å². The molecule has 3 aromatic rings. The molecule has 0 saturated heterocycles. The Balaban J connectivity index is 1.47. The summed E-state index contributed by atoms with van der Waals surface area (Å²) in [5.74, 6) is 1.35. The van der Waals surface area contributed by atoms with Crippen LogP contribution in [0.1, 0.15) is 19.8 Å². The third-order valence-corrected chi connectivity index (χ3v) is 4.72. The molecule has 29 heavy (non-hydrogen) atoms. The van der Waals surface area contributed by atoms with Crippen LogP contribution in [0, 0.1) is 11.7 Å². The lowest BCUT2D eigenvalue weighted by atomic mass is 10.2. The molecular weight excluding hydrogens is 375 g/mol. The molecule has 0 spiro atoms. The minimum atomic E-state index is -0.630. The molecule has 2 aromatic carbocycles. The topological polar surface area (TPSA) is 91.4 Å². The number of fused-ring (bicyclic) bond motifs is 1. The van der Waals surface area contributed by atoms with Crippen LogP contribution in [0.25, 0.3) is 16.6 Å². The zero-order valence-corrected chi connectivity index (χ0v) is 16.1. The van der Waals surface area contributed by atoms with E-state index in [1.807, 2.05) is 18.2 Å². The number of aromatic nitrogens is 2. The number of carbonyl (C=O) groups excluding carboxylic acids is 1. The molecule has 1 unspecified atom stereocenters. The van der Waals surface area contributed by atoms with Crippen LogP contribution >= 0.6 is 0 Å². The average molecular weight is 398 g/mol. The smallest absolute Gasteiger partial charge is 0.312 e. The highest BCUT2D eigenvalue weighted by Gasteiger charge is 2.22. The van der Waals surface area contributed by atoms with Crippen molar-refractivity contribution in [2.45, 2.75) is 25.8 Å². The third kappa shape index (κ3) is 4.77. The Morgan fingerprint density at radius 3 is 2.76 bits per heavy atom. The van der Waals surface area contributed by atoms with Gasteiger partial charge in [-0.25, -0.2) is 13.9 Å². The highest BCUT2D eigenvalue weighted by molar-refractivity contribution is 5.80. The van der Waals surface area contributed by atoms with Crippen molar-refractivity contribution in [1.82, 2.24) is 15.1 Å². The van der Waals surface area contributed by atoms with E-state index < -0.39 is 11.8 Å². The first kappa shape index (κ1) is 19.0. The molecule has 7 nitrogen and oxygen atoms in total. The van der Waals surface area contributed by atoms with Gasteiger partial charge in [0.2, 0.25) is 0 Å². The second-order valence-corrected chi connectivity index (χ2v) is 7.38. The highest BCUT2D eigenvalue weighted by Crippen LogP contribution is 2.30. The van der Waals surface area contributed by atoms with E-state index in [-0.39, 0.29) is 12.6 Å². The molecule has 1 atom stereocenters. The molecule has 1 saturated carbocycles. The Hall–Kier alpha value is -3.29. The molecular formula is C21H23FN4O3. The second-order valence-electron chi connectivity index (χ2n) is 7.38. The van der Waals surface area contributed by atoms with Gasteiger partial charge in [0.1, 0.15) is 23.8 Å². The summed E-state index contributed by atoms with van der Waals surface area (Å²) in [6.45, 7) is 2.65. The summed E-state index contributed by atoms with van der Waals surface area (Å²) in [4.78, 5) is 10.8. The standard InChI is InChI=1S/C21H23FN4O3/c1-13(24-21(23)27)11-28-16-6-7-20(18(22)8-16)26-10-15-4-5-17(9-19(15)25-26)29-12-14-2-3-14/h4-10,13-14H,2-3,11-12H2,1H3,(H3,23,24,27). The van der Waals surface area contributed by atoms with Crippen molar-refractivity contribution < 1.29 is 18.7 Å². The Labute approximate surface area is 167 Å². The van der Waals surface area contributed by atoms with E-state index in [9.17, 15) is 9.18 Å². The summed E-state index contributed by atoms with van der Waals surface area (Å²) in [5.41, 5.74) is 6.12. The number of urea groups is 1. The minimum Gasteiger partial charge on any atom is -0.493 e. The van der Waals surface area contributed by atoms with Gasteiger partial charge in [0.05, 0.1) is 18.2 Å². The molecule has 1 aromatic heterocycles. The summed E-state index contributed by atoms with van der Waals surface area (Å²) in [5, 5.41) is 7.87. The van der Waals surface area contributed by atoms with Gasteiger partial charge < -0.3 is 20.5 Å². The predicted octanol–water partition coefficient (Wildman–Crippen LogP) is 3.39. The molecule has 0 bridgehead atoms. The predicted molar refractivity (Wildman–Crippen MR) is 107 cm³/mol. The summed E-state index contributed by atoms with van der Waals surface area (Å²) in [7, 11) is 0. The molecule has 1 aliphatic carbocycles. The number of nitrogens with zero attached hydrogens (tertiary/aromatic N) is 2. The van der Waals surface area contributed by atoms with E-state index >= 15 is 0 Å². The van der Waals surface area contributed by atoms with E-state index in [4.69, 9.17) is 15.2 Å². The van der Waals surface area contributed by atoms with Crippen molar-refractivity contribution in [3.05, 3.63) is 48.4 Å². The van der Waals surface area contributed by atoms with Crippen molar-refractivity contribution in [2.75, 3.05) is 13.2 Å². The zero-order valence-electron chi connectivity index (χ0n) is 16.1. The van der Waals surface area contributed by atoms with Crippen LogP contribution in [-0.2, 0) is 0 Å². The minimum absolute atomic E-state index is 0.178. The largest absolute Gasteiger partial charge is 0.493 e. The number of halogens is 1. The van der Waals surface area contributed by atoms with Gasteiger partial charge in [-0.15, -0.1) is 0 Å². The summed E-state index contributed by atoms with van der Waals surface area (Å²) >= 11 is 0. The fourth-order valence-electron chi connectivity index (χ4n) is 2.98. The van der Waals surface area contributed by atoms with Crippen molar-refractivity contribution in [3.8, 4) is 17.2 Å². The fourth-order valence-corrected chi connectivity index (χ4v) is 2.98. The molecule has 152 valence electrons. The summed E-state index contributed by atoms with van der Waals surface area (Å²) in [6.07, 6.45) is 4.24. The summed E-state index contributed by atoms with van der Waals surface area (Å²) < 4.78 is 27.4. The number of nitrogens with two attached hydrogens (primary N) is 1. The van der Waals surface area contributed by atoms with Crippen molar-refractivity contribution in [1.29, 1.82) is 0 Å². The van der Waals surface area contributed by atoms with Crippen LogP contribution in [0.3, 0.4) is 0 Å². The molecule has 4 rings (SSSR count).